The fourth-order valence-electron chi connectivity index (χ4n) is 6.37. The summed E-state index contributed by atoms with van der Waals surface area (Å²) < 4.78 is 8.55. The number of ether oxygens (including phenoxy) is 1. The molecule has 0 unspecified atom stereocenters. The Morgan fingerprint density at radius 2 is 1.95 bits per heavy atom. The Kier molecular flexibility index (Phi) is 7.87. The van der Waals surface area contributed by atoms with Gasteiger partial charge in [0.15, 0.2) is 13.9 Å². The summed E-state index contributed by atoms with van der Waals surface area (Å²) in [7, 11) is -2.87. The van der Waals surface area contributed by atoms with Gasteiger partial charge in [-0.2, -0.15) is 0 Å². The number of hydrogen-bond acceptors (Lipinski definition) is 8. The van der Waals surface area contributed by atoms with E-state index in [0.717, 1.165) is 0 Å². The lowest BCUT2D eigenvalue weighted by Gasteiger charge is -2.32. The van der Waals surface area contributed by atoms with Crippen molar-refractivity contribution in [2.24, 2.45) is 5.92 Å². The topological polar surface area (TPSA) is 150 Å². The van der Waals surface area contributed by atoms with Crippen LogP contribution < -0.4 is 10.2 Å². The predicted molar refractivity (Wildman–Crippen MR) is 155 cm³/mol. The van der Waals surface area contributed by atoms with E-state index in [1.54, 1.807) is 34.0 Å². The first-order valence-corrected chi connectivity index (χ1v) is 16.9. The lowest BCUT2D eigenvalue weighted by Crippen LogP contribution is -2.45. The highest BCUT2D eigenvalue weighted by atomic mass is 28.4. The second-order valence-electron chi connectivity index (χ2n) is 11.5. The fourth-order valence-corrected chi connectivity index (χ4v) is 8.97. The number of aromatic nitrogens is 3. The van der Waals surface area contributed by atoms with E-state index in [-0.39, 0.29) is 24.0 Å². The van der Waals surface area contributed by atoms with Crippen molar-refractivity contribution >= 4 is 37.2 Å². The normalized spacial score (nSPS) is 24.6. The van der Waals surface area contributed by atoms with Crippen molar-refractivity contribution in [3.63, 3.8) is 0 Å². The van der Waals surface area contributed by atoms with Gasteiger partial charge in [-0.25, -0.2) is 0 Å². The number of anilines is 3. The van der Waals surface area contributed by atoms with Crippen LogP contribution >= 0.6 is 0 Å². The summed E-state index contributed by atoms with van der Waals surface area (Å²) in [4.78, 5) is 40.0. The first-order valence-electron chi connectivity index (χ1n) is 13.9. The molecule has 1 aromatic heterocycles. The third-order valence-electron chi connectivity index (χ3n) is 8.15. The fraction of sp³-hybridized carbons (Fsp3) is 0.448. The van der Waals surface area contributed by atoms with Crippen LogP contribution in [0.25, 0.3) is 0 Å². The number of rotatable bonds is 9. The van der Waals surface area contributed by atoms with E-state index in [0.29, 0.717) is 47.7 Å². The second-order valence-corrected chi connectivity index (χ2v) is 15.4. The van der Waals surface area contributed by atoms with Crippen molar-refractivity contribution in [1.82, 2.24) is 15.0 Å². The van der Waals surface area contributed by atoms with Gasteiger partial charge in [0.25, 0.3) is 11.8 Å². The van der Waals surface area contributed by atoms with Gasteiger partial charge in [-0.05, 0) is 56.8 Å². The van der Waals surface area contributed by atoms with Crippen LogP contribution in [0, 0.1) is 5.92 Å². The molecule has 4 N–H and O–H groups in total. The minimum absolute atomic E-state index is 0.0179. The minimum atomic E-state index is -2.87. The number of amides is 2. The third kappa shape index (κ3) is 5.21. The molecule has 218 valence electrons. The Bertz CT molecular complexity index is 1420. The molecule has 1 spiro atoms. The summed E-state index contributed by atoms with van der Waals surface area (Å²) >= 11 is 0. The van der Waals surface area contributed by atoms with Gasteiger partial charge in [0.2, 0.25) is 0 Å². The van der Waals surface area contributed by atoms with Crippen LogP contribution in [0.3, 0.4) is 0 Å². The molecule has 2 aromatic carbocycles. The van der Waals surface area contributed by atoms with Gasteiger partial charge in [0.05, 0.1) is 17.5 Å². The number of para-hydroxylation sites is 1. The summed E-state index contributed by atoms with van der Waals surface area (Å²) in [5, 5.41) is 29.9. The van der Waals surface area contributed by atoms with Gasteiger partial charge in [0.1, 0.15) is 6.10 Å². The van der Waals surface area contributed by atoms with E-state index in [4.69, 9.17) is 4.74 Å². The third-order valence-corrected chi connectivity index (χ3v) is 10.7. The summed E-state index contributed by atoms with van der Waals surface area (Å²) in [5.74, 6) is -1.19. The lowest BCUT2D eigenvalue weighted by molar-refractivity contribution is -0.145. The van der Waals surface area contributed by atoms with E-state index >= 15 is 0 Å². The number of fused-ring (bicyclic) bond motifs is 2. The van der Waals surface area contributed by atoms with Crippen molar-refractivity contribution in [2.45, 2.75) is 69.7 Å². The average Bonchev–Trinajstić information content (AvgIpc) is 3.57. The molecule has 2 amide bonds. The first-order chi connectivity index (χ1) is 19.5. The molecule has 2 aliphatic rings. The van der Waals surface area contributed by atoms with Crippen molar-refractivity contribution in [3.05, 3.63) is 66.0 Å². The van der Waals surface area contributed by atoms with Crippen LogP contribution in [0.4, 0.5) is 17.1 Å². The van der Waals surface area contributed by atoms with Gasteiger partial charge in [-0.3, -0.25) is 19.2 Å². The van der Waals surface area contributed by atoms with E-state index in [1.165, 1.54) is 6.92 Å². The standard InChI is InChI=1S/C29H37N5O6Si/c1-18-26(41(3,4)39)25(12-14-33-17-21(13-15-35)31-32-33)40-29(18)23-16-20(30-27(37)19(2)36)10-11-24(23)34(28(29)38)22-8-6-5-7-9-22/h5-11,16-19,25-26,35-36,39H,12-15H2,1-4H3,(H,30,37)/t18-,19+,25+,26-,29+/m1/s1. The number of nitrogens with one attached hydrogen (secondary N) is 1. The predicted octanol–water partition coefficient (Wildman–Crippen LogP) is 2.70. The van der Waals surface area contributed by atoms with Crippen molar-refractivity contribution in [1.29, 1.82) is 0 Å². The molecule has 11 nitrogen and oxygen atoms in total. The van der Waals surface area contributed by atoms with E-state index < -0.39 is 32.0 Å². The molecule has 41 heavy (non-hydrogen) atoms. The van der Waals surface area contributed by atoms with Crippen LogP contribution in [-0.2, 0) is 32.9 Å². The zero-order valence-corrected chi connectivity index (χ0v) is 24.7. The van der Waals surface area contributed by atoms with Gasteiger partial charge in [-0.15, -0.1) is 5.10 Å². The summed E-state index contributed by atoms with van der Waals surface area (Å²) in [6, 6.07) is 14.6. The number of nitrogens with zero attached hydrogens (tertiary/aromatic N) is 4. The molecule has 0 radical (unpaired) electrons. The van der Waals surface area contributed by atoms with Crippen LogP contribution in [0.15, 0.2) is 54.7 Å². The smallest absolute Gasteiger partial charge is 0.268 e. The maximum Gasteiger partial charge on any atom is 0.268 e. The number of hydrogen-bond donors (Lipinski definition) is 4. The number of aliphatic hydroxyl groups is 2. The molecule has 5 atom stereocenters. The Morgan fingerprint density at radius 1 is 1.22 bits per heavy atom. The second kappa shape index (κ2) is 11.1. The first kappa shape index (κ1) is 29.1. The highest BCUT2D eigenvalue weighted by Crippen LogP contribution is 2.61. The van der Waals surface area contributed by atoms with Crippen molar-refractivity contribution in [3.8, 4) is 0 Å². The Hall–Kier alpha value is -3.42. The summed E-state index contributed by atoms with van der Waals surface area (Å²) in [6.45, 7) is 7.52. The van der Waals surface area contributed by atoms with Gasteiger partial charge in [-0.1, -0.05) is 30.3 Å². The molecule has 1 fully saturated rings. The molecule has 0 aliphatic carbocycles. The largest absolute Gasteiger partial charge is 0.432 e. The number of carbonyl (C=O) groups is 2. The van der Waals surface area contributed by atoms with Gasteiger partial charge < -0.3 is 25.1 Å². The SMILES string of the molecule is C[C@H](O)C(=O)Nc1ccc2c(c1)[C@]1(O[C@@H](CCn3cc(CCO)nn3)[C@H]([Si](C)(C)O)[C@H]1C)C(=O)N2c1ccccc1. The van der Waals surface area contributed by atoms with Gasteiger partial charge in [0, 0.05) is 54.2 Å². The van der Waals surface area contributed by atoms with E-state index in [1.807, 2.05) is 50.3 Å². The Labute approximate surface area is 239 Å². The van der Waals surface area contributed by atoms with Crippen LogP contribution in [0.2, 0.25) is 18.6 Å². The molecule has 2 aliphatic heterocycles. The Morgan fingerprint density at radius 3 is 2.61 bits per heavy atom. The molecule has 3 aromatic rings. The zero-order chi connectivity index (χ0) is 29.5. The van der Waals surface area contributed by atoms with Crippen molar-refractivity contribution < 1.29 is 29.3 Å². The molecule has 1 saturated heterocycles. The van der Waals surface area contributed by atoms with Gasteiger partial charge >= 0.3 is 0 Å². The molecule has 0 saturated carbocycles. The van der Waals surface area contributed by atoms with E-state index in [2.05, 4.69) is 15.6 Å². The lowest BCUT2D eigenvalue weighted by atomic mass is 9.82. The molecule has 5 rings (SSSR count). The van der Waals surface area contributed by atoms with Crippen LogP contribution in [-0.4, -0.2) is 68.9 Å². The highest BCUT2D eigenvalue weighted by Gasteiger charge is 2.66. The summed E-state index contributed by atoms with van der Waals surface area (Å²) in [6.07, 6.45) is 1.03. The zero-order valence-electron chi connectivity index (χ0n) is 23.7. The average molecular weight is 580 g/mol. The maximum atomic E-state index is 14.6. The molecular weight excluding hydrogens is 542 g/mol. The highest BCUT2D eigenvalue weighted by molar-refractivity contribution is 6.71. The molecule has 3 heterocycles. The Balaban J connectivity index is 1.57. The van der Waals surface area contributed by atoms with Crippen LogP contribution in [0.1, 0.15) is 31.5 Å². The monoisotopic (exact) mass is 579 g/mol. The number of aryl methyl sites for hydroxylation is 1. The maximum absolute atomic E-state index is 14.6. The number of aliphatic hydroxyl groups excluding tert-OH is 2. The molecular formula is C29H37N5O6Si. The minimum Gasteiger partial charge on any atom is -0.432 e. The summed E-state index contributed by atoms with van der Waals surface area (Å²) in [5.41, 5.74) is 1.38. The van der Waals surface area contributed by atoms with Crippen molar-refractivity contribution in [2.75, 3.05) is 16.8 Å². The van der Waals surface area contributed by atoms with E-state index in [9.17, 15) is 24.6 Å². The number of benzene rings is 2. The van der Waals surface area contributed by atoms with Crippen LogP contribution in [0.5, 0.6) is 0 Å². The molecule has 0 bridgehead atoms. The quantitative estimate of drug-likeness (QED) is 0.283. The molecule has 12 heteroatoms. The number of carbonyl (C=O) groups excluding carboxylic acids is 2.